The van der Waals surface area contributed by atoms with Crippen LogP contribution in [0.25, 0.3) is 11.5 Å². The van der Waals surface area contributed by atoms with Crippen molar-refractivity contribution in [2.75, 3.05) is 5.73 Å². The van der Waals surface area contributed by atoms with Crippen molar-refractivity contribution in [3.05, 3.63) is 12.1 Å². The van der Waals surface area contributed by atoms with Gasteiger partial charge in [0.05, 0.1) is 11.9 Å². The van der Waals surface area contributed by atoms with Crippen molar-refractivity contribution in [3.63, 3.8) is 0 Å². The molecule has 0 unspecified atom stereocenters. The van der Waals surface area contributed by atoms with E-state index in [1.807, 2.05) is 0 Å². The molecule has 0 saturated heterocycles. The molecule has 2 rings (SSSR count). The van der Waals surface area contributed by atoms with E-state index in [4.69, 9.17) is 10.3 Å². The van der Waals surface area contributed by atoms with Crippen molar-refractivity contribution >= 4 is 5.69 Å². The topological polar surface area (TPSA) is 93.6 Å². The lowest BCUT2D eigenvalue weighted by Crippen LogP contribution is -1.88. The van der Waals surface area contributed by atoms with Crippen molar-refractivity contribution in [3.8, 4) is 11.5 Å². The number of aryl methyl sites for hydroxylation is 1. The summed E-state index contributed by atoms with van der Waals surface area (Å²) in [7, 11) is 0. The molecule has 0 aliphatic carbocycles. The fourth-order valence-electron chi connectivity index (χ4n) is 0.875. The van der Waals surface area contributed by atoms with E-state index in [1.165, 1.54) is 6.20 Å². The maximum atomic E-state index is 5.57. The van der Waals surface area contributed by atoms with Crippen LogP contribution in [0.1, 0.15) is 5.89 Å². The normalized spacial score (nSPS) is 10.4. The lowest BCUT2D eigenvalue weighted by atomic mass is 10.4. The number of anilines is 1. The maximum absolute atomic E-state index is 5.57. The number of hydrogen-bond donors (Lipinski definition) is 2. The van der Waals surface area contributed by atoms with Crippen LogP contribution in [-0.2, 0) is 0 Å². The van der Waals surface area contributed by atoms with Crippen LogP contribution in [0.2, 0.25) is 0 Å². The fourth-order valence-corrected chi connectivity index (χ4v) is 0.875. The summed E-state index contributed by atoms with van der Waals surface area (Å²) in [5.41, 5.74) is 6.67. The second kappa shape index (κ2) is 2.33. The van der Waals surface area contributed by atoms with Crippen molar-refractivity contribution < 1.29 is 4.52 Å². The first-order chi connectivity index (χ1) is 5.77. The molecule has 6 nitrogen and oxygen atoms in total. The van der Waals surface area contributed by atoms with Gasteiger partial charge in [-0.05, 0) is 0 Å². The summed E-state index contributed by atoms with van der Waals surface area (Å²) in [6.45, 7) is 1.71. The first kappa shape index (κ1) is 6.84. The Morgan fingerprint density at radius 1 is 1.58 bits per heavy atom. The van der Waals surface area contributed by atoms with Gasteiger partial charge in [0.2, 0.25) is 11.7 Å². The summed E-state index contributed by atoms with van der Waals surface area (Å²) in [5, 5.41) is 10.1. The summed E-state index contributed by atoms with van der Waals surface area (Å²) in [4.78, 5) is 3.98. The molecule has 2 heterocycles. The Bertz CT molecular complexity index is 390. The SMILES string of the molecule is Cc1nc(-c2[nH]ncc2N)no1. The molecule has 0 amide bonds. The van der Waals surface area contributed by atoms with Gasteiger partial charge in [0.25, 0.3) is 0 Å². The van der Waals surface area contributed by atoms with Crippen LogP contribution in [0, 0.1) is 6.92 Å². The summed E-state index contributed by atoms with van der Waals surface area (Å²) in [6, 6.07) is 0. The summed E-state index contributed by atoms with van der Waals surface area (Å²) >= 11 is 0. The number of aromatic amines is 1. The molecule has 0 aliphatic rings. The number of nitrogens with one attached hydrogen (secondary N) is 1. The van der Waals surface area contributed by atoms with Crippen LogP contribution in [-0.4, -0.2) is 20.3 Å². The van der Waals surface area contributed by atoms with E-state index in [0.29, 0.717) is 23.1 Å². The molecule has 2 aromatic heterocycles. The fraction of sp³-hybridized carbons (Fsp3) is 0.167. The van der Waals surface area contributed by atoms with Gasteiger partial charge in [-0.15, -0.1) is 0 Å². The number of nitrogen functional groups attached to an aromatic ring is 1. The predicted octanol–water partition coefficient (Wildman–Crippen LogP) is 0.350. The molecule has 0 spiro atoms. The first-order valence-corrected chi connectivity index (χ1v) is 3.37. The van der Waals surface area contributed by atoms with Crippen LogP contribution in [0.5, 0.6) is 0 Å². The van der Waals surface area contributed by atoms with E-state index in [0.717, 1.165) is 0 Å². The summed E-state index contributed by atoms with van der Waals surface area (Å²) < 4.78 is 4.78. The number of hydrogen-bond acceptors (Lipinski definition) is 5. The summed E-state index contributed by atoms with van der Waals surface area (Å²) in [5.74, 6) is 0.932. The Hall–Kier alpha value is -1.85. The lowest BCUT2D eigenvalue weighted by molar-refractivity contribution is 0.394. The molecule has 0 radical (unpaired) electrons. The molecule has 0 saturated carbocycles. The van der Waals surface area contributed by atoms with E-state index in [-0.39, 0.29) is 0 Å². The van der Waals surface area contributed by atoms with Gasteiger partial charge < -0.3 is 10.3 Å². The number of nitrogens with two attached hydrogens (primary N) is 1. The average Bonchev–Trinajstić information content (AvgIpc) is 2.58. The Kier molecular flexibility index (Phi) is 1.33. The van der Waals surface area contributed by atoms with Gasteiger partial charge in [0, 0.05) is 6.92 Å². The van der Waals surface area contributed by atoms with Crippen molar-refractivity contribution in [1.82, 2.24) is 20.3 Å². The molecule has 3 N–H and O–H groups in total. The van der Waals surface area contributed by atoms with Crippen molar-refractivity contribution in [1.29, 1.82) is 0 Å². The highest BCUT2D eigenvalue weighted by atomic mass is 16.5. The highest BCUT2D eigenvalue weighted by Gasteiger charge is 2.10. The third-order valence-electron chi connectivity index (χ3n) is 1.42. The minimum absolute atomic E-state index is 0.433. The minimum atomic E-state index is 0.433. The second-order valence-corrected chi connectivity index (χ2v) is 2.34. The quantitative estimate of drug-likeness (QED) is 0.635. The number of aromatic nitrogens is 4. The molecule has 0 aliphatic heterocycles. The van der Waals surface area contributed by atoms with Crippen LogP contribution in [0.3, 0.4) is 0 Å². The Balaban J connectivity index is 2.50. The van der Waals surface area contributed by atoms with E-state index in [1.54, 1.807) is 6.92 Å². The third kappa shape index (κ3) is 0.931. The van der Waals surface area contributed by atoms with E-state index < -0.39 is 0 Å². The van der Waals surface area contributed by atoms with Crippen LogP contribution < -0.4 is 5.73 Å². The zero-order valence-corrected chi connectivity index (χ0v) is 6.40. The van der Waals surface area contributed by atoms with Gasteiger partial charge in [-0.2, -0.15) is 10.1 Å². The van der Waals surface area contributed by atoms with Crippen LogP contribution >= 0.6 is 0 Å². The summed E-state index contributed by atoms with van der Waals surface area (Å²) in [6.07, 6.45) is 1.50. The zero-order valence-electron chi connectivity index (χ0n) is 6.40. The van der Waals surface area contributed by atoms with Gasteiger partial charge >= 0.3 is 0 Å². The molecule has 0 aromatic carbocycles. The maximum Gasteiger partial charge on any atom is 0.223 e. The predicted molar refractivity (Wildman–Crippen MR) is 41.0 cm³/mol. The molecule has 2 aromatic rings. The van der Waals surface area contributed by atoms with E-state index in [2.05, 4.69) is 20.3 Å². The Labute approximate surface area is 67.8 Å². The van der Waals surface area contributed by atoms with Gasteiger partial charge in [-0.25, -0.2) is 0 Å². The highest BCUT2D eigenvalue weighted by molar-refractivity contribution is 5.65. The Morgan fingerprint density at radius 2 is 2.42 bits per heavy atom. The van der Waals surface area contributed by atoms with Crippen molar-refractivity contribution in [2.45, 2.75) is 6.92 Å². The monoisotopic (exact) mass is 165 g/mol. The van der Waals surface area contributed by atoms with Gasteiger partial charge in [-0.1, -0.05) is 5.16 Å². The largest absolute Gasteiger partial charge is 0.396 e. The molecule has 12 heavy (non-hydrogen) atoms. The van der Waals surface area contributed by atoms with Gasteiger partial charge in [0.1, 0.15) is 5.69 Å². The lowest BCUT2D eigenvalue weighted by Gasteiger charge is -1.87. The molecule has 0 atom stereocenters. The molecular weight excluding hydrogens is 158 g/mol. The third-order valence-corrected chi connectivity index (χ3v) is 1.42. The Morgan fingerprint density at radius 3 is 2.92 bits per heavy atom. The van der Waals surface area contributed by atoms with Crippen LogP contribution in [0.15, 0.2) is 10.7 Å². The minimum Gasteiger partial charge on any atom is -0.396 e. The van der Waals surface area contributed by atoms with Crippen molar-refractivity contribution in [2.24, 2.45) is 0 Å². The number of nitrogens with zero attached hydrogens (tertiary/aromatic N) is 3. The first-order valence-electron chi connectivity index (χ1n) is 3.37. The molecule has 6 heteroatoms. The number of rotatable bonds is 1. The van der Waals surface area contributed by atoms with Crippen LogP contribution in [0.4, 0.5) is 5.69 Å². The zero-order chi connectivity index (χ0) is 8.55. The van der Waals surface area contributed by atoms with E-state index >= 15 is 0 Å². The number of H-pyrrole nitrogens is 1. The standard InChI is InChI=1S/C6H7N5O/c1-3-9-6(11-12-3)5-4(7)2-8-10-5/h2H,7H2,1H3,(H,8,10). The second-order valence-electron chi connectivity index (χ2n) is 2.34. The van der Waals surface area contributed by atoms with E-state index in [9.17, 15) is 0 Å². The smallest absolute Gasteiger partial charge is 0.223 e. The van der Waals surface area contributed by atoms with Gasteiger partial charge in [0.15, 0.2) is 0 Å². The molecule has 0 bridgehead atoms. The average molecular weight is 165 g/mol. The molecule has 62 valence electrons. The van der Waals surface area contributed by atoms with Gasteiger partial charge in [-0.3, -0.25) is 5.10 Å². The molecular formula is C6H7N5O. The highest BCUT2D eigenvalue weighted by Crippen LogP contribution is 2.18. The molecule has 0 fully saturated rings.